The maximum absolute atomic E-state index is 15.4. The molecule has 4 aromatic carbocycles. The summed E-state index contributed by atoms with van der Waals surface area (Å²) in [5, 5.41) is 56.7. The summed E-state index contributed by atoms with van der Waals surface area (Å²) in [5.74, 6) is -1.04. The second-order valence-electron chi connectivity index (χ2n) is 35.1. The molecule has 8 aliphatic heterocycles. The lowest BCUT2D eigenvalue weighted by atomic mass is 10.0. The first kappa shape index (κ1) is 95.0. The molecule has 4 N–H and O–H groups in total. The number of amides is 4. The number of fused-ring (bicyclic) bond motifs is 4. The largest absolute Gasteiger partial charge is 0.381 e. The van der Waals surface area contributed by atoms with Crippen molar-refractivity contribution in [3.63, 3.8) is 0 Å². The van der Waals surface area contributed by atoms with Crippen molar-refractivity contribution in [1.82, 2.24) is 97.8 Å². The van der Waals surface area contributed by atoms with Gasteiger partial charge >= 0.3 is 0 Å². The van der Waals surface area contributed by atoms with E-state index in [1.807, 2.05) is 24.8 Å². The zero-order valence-corrected chi connectivity index (χ0v) is 76.6. The molecule has 8 aromatic heterocycles. The molecular formula is C94H103F10N25O8. The molecule has 0 saturated carbocycles. The van der Waals surface area contributed by atoms with Crippen LogP contribution in [0.5, 0.6) is 0 Å². The highest BCUT2D eigenvalue weighted by molar-refractivity contribution is 5.81. The third-order valence-electron chi connectivity index (χ3n) is 26.1. The third-order valence-corrected chi connectivity index (χ3v) is 26.1. The van der Waals surface area contributed by atoms with Gasteiger partial charge in [-0.1, -0.05) is 12.1 Å². The molecule has 4 fully saturated rings. The van der Waals surface area contributed by atoms with Crippen molar-refractivity contribution in [1.29, 1.82) is 5.26 Å². The Morgan fingerprint density at radius 2 is 0.730 bits per heavy atom. The van der Waals surface area contributed by atoms with Crippen LogP contribution in [0, 0.1) is 34.6 Å². The van der Waals surface area contributed by atoms with E-state index < -0.39 is 42.5 Å². The highest BCUT2D eigenvalue weighted by atomic mass is 19.3. The van der Waals surface area contributed by atoms with Gasteiger partial charge in [-0.05, 0) is 97.7 Å². The van der Waals surface area contributed by atoms with Gasteiger partial charge in [-0.3, -0.25) is 56.6 Å². The van der Waals surface area contributed by atoms with Crippen molar-refractivity contribution in [3.05, 3.63) is 189 Å². The van der Waals surface area contributed by atoms with Crippen molar-refractivity contribution in [2.24, 2.45) is 28.2 Å². The number of anilines is 8. The number of hydrogen-bond donors (Lipinski definition) is 4. The minimum atomic E-state index is -2.81. The van der Waals surface area contributed by atoms with Crippen LogP contribution in [0.3, 0.4) is 0 Å². The summed E-state index contributed by atoms with van der Waals surface area (Å²) in [6, 6.07) is 14.5. The average molecular weight is 1900 g/mol. The highest BCUT2D eigenvalue weighted by Crippen LogP contribution is 2.45. The predicted molar refractivity (Wildman–Crippen MR) is 482 cm³/mol. The van der Waals surface area contributed by atoms with Gasteiger partial charge in [-0.15, -0.1) is 0 Å². The molecule has 0 aliphatic carbocycles. The Hall–Kier alpha value is -13.7. The first-order chi connectivity index (χ1) is 65.9. The van der Waals surface area contributed by atoms with Gasteiger partial charge in [0, 0.05) is 256 Å². The summed E-state index contributed by atoms with van der Waals surface area (Å²) in [7, 11) is 6.64. The Morgan fingerprint density at radius 3 is 1.07 bits per heavy atom. The number of ether oxygens (including phenoxy) is 4. The van der Waals surface area contributed by atoms with Gasteiger partial charge in [0.25, 0.3) is 19.3 Å². The minimum Gasteiger partial charge on any atom is -0.381 e. The zero-order valence-electron chi connectivity index (χ0n) is 76.6. The Bertz CT molecular complexity index is 6540. The van der Waals surface area contributed by atoms with Gasteiger partial charge in [0.15, 0.2) is 29.1 Å². The standard InChI is InChI=1S/2C24H27F3N6O2.C23H25F3N6O2.C23H24FN7O2/c1-14(34)32-6-3-22-19(13-32)24(30-33(22)16-4-7-35-8-5-16)29-21-10-18(23(26)27)17(9-20(21)25)15-11-28-31(2)12-15;1-14(34)32-8-5-21-18(13-32)24(30-33(21)16-6-9-35-10-7-16)28-20-4-3-15(11-19(20)25)17-12-31(2)29-22(17)23(26)27;1-13(33)31-5-3-21-18(11-31)23(29-32(21)15-4-6-34-12-15)28-20-8-17(22(25)26)16(7-19(20)24)14-9-27-30(2)10-14;1-14(32)30-7-5-21-19(12-30)23(28-31(21)16-6-8-33-13-16)27-20-4-3-17(18(9-25)22(20)24)15-10-26-29(2)11-15/h9-12,16,23H,3-8,13H2,1-2H3,(H,29,30);3-4,11-12,16,23H,5-10,13H2,1-2H3,(H,28,30);7-10,15,22H,3-6,11-12H2,1-2H3,(H,28,29);3-4,10-11,16H,5-8,12-13H2,1-2H3,(H,27,28). The van der Waals surface area contributed by atoms with Crippen LogP contribution in [0.25, 0.3) is 44.5 Å². The van der Waals surface area contributed by atoms with E-state index in [9.17, 15) is 50.8 Å². The molecule has 2 atom stereocenters. The number of carbonyl (C=O) groups is 4. The molecular weight excluding hydrogens is 1800 g/mol. The number of rotatable bonds is 19. The number of hydrogen-bond acceptors (Lipinski definition) is 21. The maximum Gasteiger partial charge on any atom is 0.282 e. The number of benzene rings is 4. The van der Waals surface area contributed by atoms with E-state index in [1.165, 1.54) is 65.5 Å². The molecule has 2 unspecified atom stereocenters. The summed E-state index contributed by atoms with van der Waals surface area (Å²) in [5.41, 5.74) is 9.05. The van der Waals surface area contributed by atoms with E-state index in [4.69, 9.17) is 34.2 Å². The Labute approximate surface area is 780 Å². The SMILES string of the molecule is CC(=O)N1CCc2c(c(Nc3cc(C(F)F)c(-c4cnn(C)c4)cc3F)nn2C2CCOC2)C1.CC(=O)N1CCc2c(c(Nc3cc(C(F)F)c(-c4cnn(C)c4)cc3F)nn2C2CCOCC2)C1.CC(=O)N1CCc2c(c(Nc3ccc(-c4cn(C)nc4C(F)F)cc3F)nn2C2CCOCC2)C1.CC(=O)N1CCc2c(c(Nc3ccc(-c4cnn(C)c4)c(C#N)c3F)nn2C2CCOC2)C1. The third kappa shape index (κ3) is 20.3. The molecule has 33 nitrogen and oxygen atoms in total. The molecule has 20 rings (SSSR count). The van der Waals surface area contributed by atoms with Gasteiger partial charge in [0.05, 0.1) is 110 Å². The zero-order chi connectivity index (χ0) is 96.5. The summed E-state index contributed by atoms with van der Waals surface area (Å²) in [6.45, 7) is 14.9. The van der Waals surface area contributed by atoms with Gasteiger partial charge in [-0.2, -0.15) is 46.1 Å². The van der Waals surface area contributed by atoms with Gasteiger partial charge in [0.1, 0.15) is 29.2 Å². The number of nitrogens with one attached hydrogen (secondary N) is 4. The number of alkyl halides is 6. The number of halogens is 10. The van der Waals surface area contributed by atoms with Crippen LogP contribution in [0.4, 0.5) is 89.9 Å². The lowest BCUT2D eigenvalue weighted by Gasteiger charge is -2.29. The lowest BCUT2D eigenvalue weighted by Crippen LogP contribution is -2.35. The molecule has 0 radical (unpaired) electrons. The van der Waals surface area contributed by atoms with Gasteiger partial charge in [0.2, 0.25) is 23.6 Å². The molecule has 4 amide bonds. The number of aryl methyl sites for hydroxylation is 4. The number of carbonyl (C=O) groups excluding carboxylic acids is 4. The van der Waals surface area contributed by atoms with Crippen molar-refractivity contribution in [2.75, 3.05) is 100 Å². The molecule has 4 saturated heterocycles. The van der Waals surface area contributed by atoms with Crippen molar-refractivity contribution in [3.8, 4) is 50.6 Å². The van der Waals surface area contributed by atoms with Crippen LogP contribution in [-0.4, -0.2) is 201 Å². The monoisotopic (exact) mass is 1900 g/mol. The molecule has 8 aliphatic rings. The first-order valence-corrected chi connectivity index (χ1v) is 45.3. The molecule has 43 heteroatoms. The Balaban J connectivity index is 0.000000127. The smallest absolute Gasteiger partial charge is 0.282 e. The summed E-state index contributed by atoms with van der Waals surface area (Å²) < 4.78 is 179. The van der Waals surface area contributed by atoms with Crippen LogP contribution in [0.1, 0.15) is 177 Å². The molecule has 0 spiro atoms. The molecule has 137 heavy (non-hydrogen) atoms. The Morgan fingerprint density at radius 1 is 0.387 bits per heavy atom. The van der Waals surface area contributed by atoms with Gasteiger partial charge in [-0.25, -0.2) is 43.9 Å². The maximum atomic E-state index is 15.4. The fourth-order valence-electron chi connectivity index (χ4n) is 18.9. The molecule has 0 bridgehead atoms. The number of aromatic nitrogens is 16. The minimum absolute atomic E-state index is 0.0117. The Kier molecular flexibility index (Phi) is 28.2. The molecule has 12 aromatic rings. The van der Waals surface area contributed by atoms with Crippen molar-refractivity contribution in [2.45, 2.75) is 162 Å². The lowest BCUT2D eigenvalue weighted by molar-refractivity contribution is -0.130. The number of nitrogens with zero attached hydrogens (tertiary/aromatic N) is 21. The fourth-order valence-corrected chi connectivity index (χ4v) is 18.9. The topological polar surface area (TPSA) is 333 Å². The normalized spacial score (nSPS) is 17.2. The van der Waals surface area contributed by atoms with Crippen LogP contribution < -0.4 is 21.3 Å². The highest BCUT2D eigenvalue weighted by Gasteiger charge is 2.38. The predicted octanol–water partition coefficient (Wildman–Crippen LogP) is 15.6. The molecule has 16 heterocycles. The van der Waals surface area contributed by atoms with Crippen LogP contribution in [0.15, 0.2) is 98.0 Å². The van der Waals surface area contributed by atoms with Crippen LogP contribution >= 0.6 is 0 Å². The average Bonchev–Trinajstić information content (AvgIpc) is 1.63. The van der Waals surface area contributed by atoms with Crippen LogP contribution in [0.2, 0.25) is 0 Å². The van der Waals surface area contributed by atoms with E-state index >= 15 is 17.6 Å². The summed E-state index contributed by atoms with van der Waals surface area (Å²) in [4.78, 5) is 55.0. The van der Waals surface area contributed by atoms with E-state index in [-0.39, 0.29) is 110 Å². The van der Waals surface area contributed by atoms with E-state index in [0.717, 1.165) is 108 Å². The summed E-state index contributed by atoms with van der Waals surface area (Å²) in [6.07, 6.45) is 9.86. The summed E-state index contributed by atoms with van der Waals surface area (Å²) >= 11 is 0. The van der Waals surface area contributed by atoms with Crippen LogP contribution in [-0.2, 0) is 118 Å². The van der Waals surface area contributed by atoms with Gasteiger partial charge < -0.3 is 59.8 Å². The second-order valence-corrected chi connectivity index (χ2v) is 35.1. The quantitative estimate of drug-likeness (QED) is 0.0546. The first-order valence-electron chi connectivity index (χ1n) is 45.3. The molecule has 722 valence electrons. The van der Waals surface area contributed by atoms with E-state index in [0.29, 0.717) is 182 Å². The van der Waals surface area contributed by atoms with E-state index in [2.05, 4.69) is 46.8 Å². The van der Waals surface area contributed by atoms with E-state index in [1.54, 1.807) is 102 Å². The second kappa shape index (κ2) is 40.7. The van der Waals surface area contributed by atoms with Crippen molar-refractivity contribution < 1.29 is 82.0 Å². The van der Waals surface area contributed by atoms with Crippen molar-refractivity contribution >= 4 is 69.6 Å². The fraction of sp³-hybridized carbons (Fsp3) is 0.436. The number of nitriles is 1.